The van der Waals surface area contributed by atoms with E-state index in [0.29, 0.717) is 12.2 Å². The van der Waals surface area contributed by atoms with E-state index in [4.69, 9.17) is 27.9 Å². The first-order valence-corrected chi connectivity index (χ1v) is 15.3. The summed E-state index contributed by atoms with van der Waals surface area (Å²) in [5, 5.41) is 3.33. The molecule has 1 N–H and O–H groups in total. The lowest BCUT2D eigenvalue weighted by molar-refractivity contribution is -0.139. The van der Waals surface area contributed by atoms with Crippen LogP contribution in [0.2, 0.25) is 10.0 Å². The van der Waals surface area contributed by atoms with E-state index in [1.807, 2.05) is 20.8 Å². The number of amides is 2. The van der Waals surface area contributed by atoms with E-state index < -0.39 is 28.5 Å². The number of rotatable bonds is 12. The zero-order valence-electron chi connectivity index (χ0n) is 23.7. The number of nitrogens with one attached hydrogen (secondary N) is 1. The number of hydrogen-bond acceptors (Lipinski definition) is 5. The molecule has 11 heteroatoms. The minimum Gasteiger partial charge on any atom is -0.497 e. The van der Waals surface area contributed by atoms with Crippen LogP contribution in [0.15, 0.2) is 71.6 Å². The molecule has 0 aliphatic carbocycles. The minimum atomic E-state index is -4.23. The lowest BCUT2D eigenvalue weighted by atomic mass is 10.1. The molecule has 0 aliphatic heterocycles. The van der Waals surface area contributed by atoms with Crippen molar-refractivity contribution in [2.45, 2.75) is 57.6 Å². The van der Waals surface area contributed by atoms with Crippen molar-refractivity contribution in [1.29, 1.82) is 0 Å². The SMILES string of the molecule is CCC(C)NC(=O)C(C)N(Cc1ccc(OC)cc1)C(=O)CN(c1cc(Cl)cc(Cl)c1)S(=O)(=O)c1ccc(C)cc1. The highest BCUT2D eigenvalue weighted by Gasteiger charge is 2.33. The molecule has 41 heavy (non-hydrogen) atoms. The molecule has 0 heterocycles. The third kappa shape index (κ3) is 8.38. The summed E-state index contributed by atoms with van der Waals surface area (Å²) in [5.41, 5.74) is 1.74. The number of anilines is 1. The maximum absolute atomic E-state index is 14.0. The summed E-state index contributed by atoms with van der Waals surface area (Å²) in [6.45, 7) is 6.75. The molecular weight excluding hydrogens is 585 g/mol. The largest absolute Gasteiger partial charge is 0.497 e. The van der Waals surface area contributed by atoms with Gasteiger partial charge in [0.15, 0.2) is 0 Å². The topological polar surface area (TPSA) is 96.0 Å². The number of methoxy groups -OCH3 is 1. The fourth-order valence-corrected chi connectivity index (χ4v) is 5.94. The third-order valence-electron chi connectivity index (χ3n) is 6.70. The number of sulfonamides is 1. The van der Waals surface area contributed by atoms with Gasteiger partial charge in [-0.1, -0.05) is 60.0 Å². The summed E-state index contributed by atoms with van der Waals surface area (Å²) in [5.74, 6) is -0.290. The van der Waals surface area contributed by atoms with Gasteiger partial charge in [0.1, 0.15) is 18.3 Å². The van der Waals surface area contributed by atoms with Crippen molar-refractivity contribution in [1.82, 2.24) is 10.2 Å². The highest BCUT2D eigenvalue weighted by Crippen LogP contribution is 2.30. The second-order valence-electron chi connectivity index (χ2n) is 9.82. The van der Waals surface area contributed by atoms with Crippen LogP contribution in [-0.2, 0) is 26.2 Å². The first kappa shape index (κ1) is 32.2. The summed E-state index contributed by atoms with van der Waals surface area (Å²) in [7, 11) is -2.68. The Balaban J connectivity index is 2.05. The average Bonchev–Trinajstić information content (AvgIpc) is 2.93. The number of halogens is 2. The highest BCUT2D eigenvalue weighted by molar-refractivity contribution is 7.92. The monoisotopic (exact) mass is 619 g/mol. The molecule has 0 fully saturated rings. The van der Waals surface area contributed by atoms with Crippen LogP contribution in [0.3, 0.4) is 0 Å². The number of nitrogens with zero attached hydrogens (tertiary/aromatic N) is 2. The van der Waals surface area contributed by atoms with Gasteiger partial charge in [0.05, 0.1) is 17.7 Å². The van der Waals surface area contributed by atoms with Crippen molar-refractivity contribution in [2.24, 2.45) is 0 Å². The van der Waals surface area contributed by atoms with Gasteiger partial charge in [-0.05, 0) is 75.2 Å². The van der Waals surface area contributed by atoms with Crippen molar-refractivity contribution < 1.29 is 22.7 Å². The standard InChI is InChI=1S/C30H35Cl2N3O5S/c1-6-21(3)33-30(37)22(4)34(18-23-9-11-27(40-5)12-10-23)29(36)19-35(26-16-24(31)15-25(32)17-26)41(38,39)28-13-7-20(2)8-14-28/h7-17,21-22H,6,18-19H2,1-5H3,(H,33,37). The molecule has 0 saturated carbocycles. The van der Waals surface area contributed by atoms with E-state index >= 15 is 0 Å². The molecule has 0 saturated heterocycles. The molecule has 2 unspecified atom stereocenters. The Morgan fingerprint density at radius 2 is 1.54 bits per heavy atom. The number of carbonyl (C=O) groups is 2. The molecule has 3 aromatic rings. The summed E-state index contributed by atoms with van der Waals surface area (Å²) in [6.07, 6.45) is 0.711. The quantitative estimate of drug-likeness (QED) is 0.275. The van der Waals surface area contributed by atoms with E-state index in [9.17, 15) is 18.0 Å². The van der Waals surface area contributed by atoms with Gasteiger partial charge < -0.3 is 15.0 Å². The van der Waals surface area contributed by atoms with Crippen LogP contribution in [-0.4, -0.2) is 50.9 Å². The maximum atomic E-state index is 14.0. The molecule has 0 spiro atoms. The van der Waals surface area contributed by atoms with Crippen LogP contribution in [0.4, 0.5) is 5.69 Å². The van der Waals surface area contributed by atoms with Gasteiger partial charge in [-0.15, -0.1) is 0 Å². The van der Waals surface area contributed by atoms with E-state index in [1.54, 1.807) is 50.4 Å². The Morgan fingerprint density at radius 3 is 2.07 bits per heavy atom. The minimum absolute atomic E-state index is 0.00346. The van der Waals surface area contributed by atoms with Crippen LogP contribution >= 0.6 is 23.2 Å². The summed E-state index contributed by atoms with van der Waals surface area (Å²) < 4.78 is 34.0. The second kappa shape index (κ2) is 14.1. The van der Waals surface area contributed by atoms with Gasteiger partial charge in [-0.25, -0.2) is 8.42 Å². The number of benzene rings is 3. The van der Waals surface area contributed by atoms with Crippen LogP contribution < -0.4 is 14.4 Å². The van der Waals surface area contributed by atoms with Crippen LogP contribution in [0.25, 0.3) is 0 Å². The van der Waals surface area contributed by atoms with Crippen LogP contribution in [0.5, 0.6) is 5.75 Å². The number of hydrogen-bond donors (Lipinski definition) is 1. The molecule has 0 bridgehead atoms. The van der Waals surface area contributed by atoms with Crippen molar-refractivity contribution >= 4 is 50.7 Å². The van der Waals surface area contributed by atoms with E-state index in [1.165, 1.54) is 35.2 Å². The summed E-state index contributed by atoms with van der Waals surface area (Å²) in [6, 6.07) is 16.7. The summed E-state index contributed by atoms with van der Waals surface area (Å²) in [4.78, 5) is 28.5. The fraction of sp³-hybridized carbons (Fsp3) is 0.333. The predicted molar refractivity (Wildman–Crippen MR) is 163 cm³/mol. The average molecular weight is 621 g/mol. The fourth-order valence-electron chi connectivity index (χ4n) is 4.03. The molecule has 220 valence electrons. The summed E-state index contributed by atoms with van der Waals surface area (Å²) >= 11 is 12.5. The van der Waals surface area contributed by atoms with Crippen LogP contribution in [0.1, 0.15) is 38.3 Å². The lowest BCUT2D eigenvalue weighted by Crippen LogP contribution is -2.52. The van der Waals surface area contributed by atoms with Gasteiger partial charge in [0.25, 0.3) is 10.0 Å². The zero-order chi connectivity index (χ0) is 30.3. The van der Waals surface area contributed by atoms with E-state index in [0.717, 1.165) is 15.4 Å². The molecule has 0 aliphatic rings. The molecule has 3 aromatic carbocycles. The Hall–Kier alpha value is -3.27. The van der Waals surface area contributed by atoms with Crippen molar-refractivity contribution in [2.75, 3.05) is 18.0 Å². The molecule has 2 atom stereocenters. The molecule has 2 amide bonds. The van der Waals surface area contributed by atoms with Crippen molar-refractivity contribution in [3.8, 4) is 5.75 Å². The molecule has 0 aromatic heterocycles. The molecule has 8 nitrogen and oxygen atoms in total. The van der Waals surface area contributed by atoms with Gasteiger partial charge >= 0.3 is 0 Å². The van der Waals surface area contributed by atoms with Crippen molar-refractivity contribution in [3.05, 3.63) is 87.9 Å². The molecular formula is C30H35Cl2N3O5S. The zero-order valence-corrected chi connectivity index (χ0v) is 26.1. The first-order valence-electron chi connectivity index (χ1n) is 13.1. The van der Waals surface area contributed by atoms with Crippen LogP contribution in [0, 0.1) is 6.92 Å². The number of carbonyl (C=O) groups excluding carboxylic acids is 2. The maximum Gasteiger partial charge on any atom is 0.264 e. The Labute approximate surface area is 252 Å². The van der Waals surface area contributed by atoms with Crippen molar-refractivity contribution in [3.63, 3.8) is 0 Å². The Kier molecular flexibility index (Phi) is 11.1. The van der Waals surface area contributed by atoms with Gasteiger partial charge in [-0.3, -0.25) is 13.9 Å². The smallest absolute Gasteiger partial charge is 0.264 e. The van der Waals surface area contributed by atoms with E-state index in [-0.39, 0.29) is 39.1 Å². The first-order chi connectivity index (χ1) is 19.3. The normalized spacial score (nSPS) is 12.8. The Morgan fingerprint density at radius 1 is 0.951 bits per heavy atom. The molecule has 0 radical (unpaired) electrons. The van der Waals surface area contributed by atoms with Gasteiger partial charge in [-0.2, -0.15) is 0 Å². The van der Waals surface area contributed by atoms with Gasteiger partial charge in [0, 0.05) is 22.6 Å². The number of ether oxygens (including phenoxy) is 1. The second-order valence-corrected chi connectivity index (χ2v) is 12.6. The van der Waals surface area contributed by atoms with E-state index in [2.05, 4.69) is 5.32 Å². The highest BCUT2D eigenvalue weighted by atomic mass is 35.5. The number of aryl methyl sites for hydroxylation is 1. The lowest BCUT2D eigenvalue weighted by Gasteiger charge is -2.32. The van der Waals surface area contributed by atoms with Gasteiger partial charge in [0.2, 0.25) is 11.8 Å². The molecule has 3 rings (SSSR count). The Bertz CT molecular complexity index is 1440. The third-order valence-corrected chi connectivity index (χ3v) is 8.93. The predicted octanol–water partition coefficient (Wildman–Crippen LogP) is 5.84.